The molecule has 1 fully saturated rings. The number of nitrogens with zero attached hydrogens (tertiary/aromatic N) is 4. The highest BCUT2D eigenvalue weighted by Crippen LogP contribution is 2.26. The van der Waals surface area contributed by atoms with Gasteiger partial charge in [-0.15, -0.1) is 0 Å². The van der Waals surface area contributed by atoms with E-state index in [9.17, 15) is 10.1 Å². The van der Waals surface area contributed by atoms with Gasteiger partial charge in [-0.2, -0.15) is 0 Å². The fourth-order valence-corrected chi connectivity index (χ4v) is 2.72. The van der Waals surface area contributed by atoms with Gasteiger partial charge in [0.25, 0.3) is 5.69 Å². The average molecular weight is 294 g/mol. The highest BCUT2D eigenvalue weighted by atomic mass is 16.6. The molecule has 1 saturated heterocycles. The highest BCUT2D eigenvalue weighted by molar-refractivity contribution is 5.56. The predicted octanol–water partition coefficient (Wildman–Crippen LogP) is 1.20. The minimum atomic E-state index is -0.420. The van der Waals surface area contributed by atoms with Crippen molar-refractivity contribution in [3.8, 4) is 0 Å². The quantitative estimate of drug-likeness (QED) is 0.489. The number of aromatic nitrogens is 1. The SMILES string of the molecule is CCC1CN(C)CCCN1c1cc([N+](=O)[O-])cc(NN)n1. The van der Waals surface area contributed by atoms with E-state index in [4.69, 9.17) is 5.84 Å². The van der Waals surface area contributed by atoms with E-state index in [-0.39, 0.29) is 11.7 Å². The van der Waals surface area contributed by atoms with Crippen LogP contribution in [-0.4, -0.2) is 47.5 Å². The Kier molecular flexibility index (Phi) is 4.92. The third-order valence-electron chi connectivity index (χ3n) is 3.82. The fourth-order valence-electron chi connectivity index (χ4n) is 2.72. The number of likely N-dealkylation sites (N-methyl/N-ethyl adjacent to an activating group) is 1. The zero-order valence-electron chi connectivity index (χ0n) is 12.5. The molecule has 1 aromatic heterocycles. The molecule has 0 radical (unpaired) electrons. The van der Waals surface area contributed by atoms with Gasteiger partial charge in [0.2, 0.25) is 0 Å². The number of hydrazine groups is 1. The van der Waals surface area contributed by atoms with Crippen LogP contribution in [-0.2, 0) is 0 Å². The Hall–Kier alpha value is -1.93. The molecular formula is C13H22N6O2. The predicted molar refractivity (Wildman–Crippen MR) is 82.2 cm³/mol. The molecule has 2 rings (SSSR count). The summed E-state index contributed by atoms with van der Waals surface area (Å²) in [5, 5.41) is 11.1. The molecule has 1 aliphatic heterocycles. The number of rotatable bonds is 4. The summed E-state index contributed by atoms with van der Waals surface area (Å²) in [4.78, 5) is 19.5. The van der Waals surface area contributed by atoms with Crippen molar-refractivity contribution in [2.75, 3.05) is 37.0 Å². The van der Waals surface area contributed by atoms with E-state index in [1.54, 1.807) is 0 Å². The topological polar surface area (TPSA) is 101 Å². The van der Waals surface area contributed by atoms with Crippen LogP contribution in [0.2, 0.25) is 0 Å². The third-order valence-corrected chi connectivity index (χ3v) is 3.82. The van der Waals surface area contributed by atoms with Gasteiger partial charge in [-0.05, 0) is 26.4 Å². The maximum atomic E-state index is 11.1. The third kappa shape index (κ3) is 3.59. The minimum absolute atomic E-state index is 0.000375. The van der Waals surface area contributed by atoms with Crippen LogP contribution in [0.3, 0.4) is 0 Å². The lowest BCUT2D eigenvalue weighted by Crippen LogP contribution is -2.40. The van der Waals surface area contributed by atoms with Crippen LogP contribution in [0, 0.1) is 10.1 Å². The molecule has 0 saturated carbocycles. The van der Waals surface area contributed by atoms with Crippen molar-refractivity contribution >= 4 is 17.3 Å². The number of hydrogen-bond acceptors (Lipinski definition) is 7. The maximum absolute atomic E-state index is 11.1. The Morgan fingerprint density at radius 1 is 1.52 bits per heavy atom. The van der Waals surface area contributed by atoms with Gasteiger partial charge in [-0.25, -0.2) is 10.8 Å². The van der Waals surface area contributed by atoms with Crippen LogP contribution in [0.15, 0.2) is 12.1 Å². The summed E-state index contributed by atoms with van der Waals surface area (Å²) in [5.41, 5.74) is 2.41. The van der Waals surface area contributed by atoms with E-state index in [0.717, 1.165) is 32.5 Å². The lowest BCUT2D eigenvalue weighted by Gasteiger charge is -2.31. The first-order chi connectivity index (χ1) is 10.0. The van der Waals surface area contributed by atoms with E-state index in [1.807, 2.05) is 0 Å². The van der Waals surface area contributed by atoms with Gasteiger partial charge in [-0.1, -0.05) is 6.92 Å². The summed E-state index contributed by atoms with van der Waals surface area (Å²) >= 11 is 0. The first kappa shape index (κ1) is 15.5. The molecule has 0 aliphatic carbocycles. The smallest absolute Gasteiger partial charge is 0.276 e. The molecule has 0 spiro atoms. The van der Waals surface area contributed by atoms with E-state index in [2.05, 4.69) is 34.2 Å². The number of nitro groups is 1. The number of nitrogens with two attached hydrogens (primary N) is 1. The molecule has 3 N–H and O–H groups in total. The van der Waals surface area contributed by atoms with Gasteiger partial charge < -0.3 is 15.2 Å². The van der Waals surface area contributed by atoms with Crippen LogP contribution in [0.4, 0.5) is 17.3 Å². The second kappa shape index (κ2) is 6.68. The molecule has 1 unspecified atom stereocenters. The van der Waals surface area contributed by atoms with Gasteiger partial charge in [0.15, 0.2) is 0 Å². The van der Waals surface area contributed by atoms with Crippen molar-refractivity contribution in [2.24, 2.45) is 5.84 Å². The standard InChI is InChI=1S/C13H22N6O2/c1-3-10-9-17(2)5-4-6-18(10)13-8-11(19(20)21)7-12(15-13)16-14/h7-8,10H,3-6,9,14H2,1-2H3,(H,15,16). The Balaban J connectivity index is 2.37. The molecule has 0 amide bonds. The van der Waals surface area contributed by atoms with E-state index >= 15 is 0 Å². The van der Waals surface area contributed by atoms with Gasteiger partial charge >= 0.3 is 0 Å². The van der Waals surface area contributed by atoms with Crippen LogP contribution in [0.25, 0.3) is 0 Å². The summed E-state index contributed by atoms with van der Waals surface area (Å²) < 4.78 is 0. The molecule has 116 valence electrons. The van der Waals surface area contributed by atoms with Crippen molar-refractivity contribution < 1.29 is 4.92 Å². The molecule has 2 heterocycles. The lowest BCUT2D eigenvalue weighted by molar-refractivity contribution is -0.384. The zero-order chi connectivity index (χ0) is 15.4. The number of hydrogen-bond donors (Lipinski definition) is 2. The average Bonchev–Trinajstić information content (AvgIpc) is 2.67. The molecule has 8 nitrogen and oxygen atoms in total. The van der Waals surface area contributed by atoms with Crippen LogP contribution < -0.4 is 16.2 Å². The molecule has 1 atom stereocenters. The lowest BCUT2D eigenvalue weighted by atomic mass is 10.2. The van der Waals surface area contributed by atoms with Crippen LogP contribution >= 0.6 is 0 Å². The van der Waals surface area contributed by atoms with Gasteiger partial charge in [-0.3, -0.25) is 10.1 Å². The minimum Gasteiger partial charge on any atom is -0.352 e. The monoisotopic (exact) mass is 294 g/mol. The Morgan fingerprint density at radius 3 is 2.90 bits per heavy atom. The Bertz CT molecular complexity index is 509. The second-order valence-electron chi connectivity index (χ2n) is 5.34. The van der Waals surface area contributed by atoms with Gasteiger partial charge in [0, 0.05) is 19.1 Å². The number of anilines is 2. The Labute approximate surface area is 124 Å². The van der Waals surface area contributed by atoms with Gasteiger partial charge in [0.1, 0.15) is 11.6 Å². The normalized spacial score (nSPS) is 20.1. The summed E-state index contributed by atoms with van der Waals surface area (Å²) in [6, 6.07) is 3.15. The Morgan fingerprint density at radius 2 is 2.29 bits per heavy atom. The molecule has 1 aliphatic rings. The van der Waals surface area contributed by atoms with Crippen LogP contribution in [0.1, 0.15) is 19.8 Å². The molecule has 0 aromatic carbocycles. The highest BCUT2D eigenvalue weighted by Gasteiger charge is 2.25. The van der Waals surface area contributed by atoms with Crippen molar-refractivity contribution in [1.82, 2.24) is 9.88 Å². The van der Waals surface area contributed by atoms with E-state index in [0.29, 0.717) is 11.6 Å². The fraction of sp³-hybridized carbons (Fsp3) is 0.615. The first-order valence-electron chi connectivity index (χ1n) is 7.13. The van der Waals surface area contributed by atoms with E-state index in [1.165, 1.54) is 12.1 Å². The first-order valence-corrected chi connectivity index (χ1v) is 7.13. The number of pyridine rings is 1. The van der Waals surface area contributed by atoms with Crippen LogP contribution in [0.5, 0.6) is 0 Å². The largest absolute Gasteiger partial charge is 0.352 e. The molecule has 0 bridgehead atoms. The summed E-state index contributed by atoms with van der Waals surface area (Å²) in [7, 11) is 2.10. The summed E-state index contributed by atoms with van der Waals surface area (Å²) in [6.45, 7) is 4.90. The van der Waals surface area contributed by atoms with Crippen molar-refractivity contribution in [3.05, 3.63) is 22.2 Å². The molecule has 1 aromatic rings. The van der Waals surface area contributed by atoms with Crippen molar-refractivity contribution in [3.63, 3.8) is 0 Å². The van der Waals surface area contributed by atoms with E-state index < -0.39 is 4.92 Å². The summed E-state index contributed by atoms with van der Waals surface area (Å²) in [6.07, 6.45) is 1.96. The van der Waals surface area contributed by atoms with Crippen molar-refractivity contribution in [1.29, 1.82) is 0 Å². The molecular weight excluding hydrogens is 272 g/mol. The number of nitrogens with one attached hydrogen (secondary N) is 1. The maximum Gasteiger partial charge on any atom is 0.276 e. The summed E-state index contributed by atoms with van der Waals surface area (Å²) in [5.74, 6) is 6.30. The second-order valence-corrected chi connectivity index (χ2v) is 5.34. The number of nitrogen functional groups attached to an aromatic ring is 1. The van der Waals surface area contributed by atoms with Gasteiger partial charge in [0.05, 0.1) is 17.1 Å². The molecule has 21 heavy (non-hydrogen) atoms. The molecule has 8 heteroatoms. The zero-order valence-corrected chi connectivity index (χ0v) is 12.5. The van der Waals surface area contributed by atoms with Crippen molar-refractivity contribution in [2.45, 2.75) is 25.8 Å².